The quantitative estimate of drug-likeness (QED) is 0.810. The van der Waals surface area contributed by atoms with Crippen molar-refractivity contribution in [3.63, 3.8) is 0 Å². The van der Waals surface area contributed by atoms with Gasteiger partial charge >= 0.3 is 0 Å². The Bertz CT molecular complexity index is 498. The Morgan fingerprint density at radius 3 is 2.81 bits per heavy atom. The second-order valence-electron chi connectivity index (χ2n) is 5.98. The van der Waals surface area contributed by atoms with Crippen molar-refractivity contribution >= 4 is 5.91 Å². The summed E-state index contributed by atoms with van der Waals surface area (Å²) in [4.78, 5) is 12.0. The van der Waals surface area contributed by atoms with Gasteiger partial charge in [-0.05, 0) is 50.7 Å². The summed E-state index contributed by atoms with van der Waals surface area (Å²) in [6, 6.07) is 6.51. The summed E-state index contributed by atoms with van der Waals surface area (Å²) >= 11 is 0. The van der Waals surface area contributed by atoms with Crippen LogP contribution in [0.15, 0.2) is 18.2 Å². The highest BCUT2D eigenvalue weighted by Crippen LogP contribution is 2.26. The molecule has 2 unspecified atom stereocenters. The SMILES string of the molecule is CCC(N)Cc1cccc(C)c1OC(C)C(=O)NC1CC1. The zero-order chi connectivity index (χ0) is 15.4. The van der Waals surface area contributed by atoms with E-state index in [1.807, 2.05) is 25.1 Å². The number of benzene rings is 1. The predicted molar refractivity (Wildman–Crippen MR) is 84.4 cm³/mol. The third-order valence-electron chi connectivity index (χ3n) is 3.89. The van der Waals surface area contributed by atoms with Crippen LogP contribution in [0, 0.1) is 6.92 Å². The van der Waals surface area contributed by atoms with E-state index in [1.54, 1.807) is 6.92 Å². The Morgan fingerprint density at radius 2 is 2.19 bits per heavy atom. The van der Waals surface area contributed by atoms with E-state index in [0.717, 1.165) is 42.6 Å². The molecule has 0 heterocycles. The van der Waals surface area contributed by atoms with Crippen molar-refractivity contribution in [3.8, 4) is 5.75 Å². The maximum atomic E-state index is 12.0. The number of aryl methyl sites for hydroxylation is 1. The molecule has 0 radical (unpaired) electrons. The van der Waals surface area contributed by atoms with E-state index >= 15 is 0 Å². The van der Waals surface area contributed by atoms with Gasteiger partial charge in [0, 0.05) is 12.1 Å². The van der Waals surface area contributed by atoms with Crippen LogP contribution < -0.4 is 15.8 Å². The average Bonchev–Trinajstić information content (AvgIpc) is 3.26. The summed E-state index contributed by atoms with van der Waals surface area (Å²) in [7, 11) is 0. The Balaban J connectivity index is 2.07. The van der Waals surface area contributed by atoms with Crippen LogP contribution in [-0.2, 0) is 11.2 Å². The monoisotopic (exact) mass is 290 g/mol. The van der Waals surface area contributed by atoms with E-state index < -0.39 is 6.10 Å². The molecular formula is C17H26N2O2. The highest BCUT2D eigenvalue weighted by molar-refractivity contribution is 5.81. The molecule has 4 nitrogen and oxygen atoms in total. The molecule has 0 bridgehead atoms. The van der Waals surface area contributed by atoms with Crippen LogP contribution in [0.1, 0.15) is 44.2 Å². The lowest BCUT2D eigenvalue weighted by molar-refractivity contribution is -0.127. The summed E-state index contributed by atoms with van der Waals surface area (Å²) in [5.41, 5.74) is 8.18. The minimum atomic E-state index is -0.483. The molecule has 1 amide bonds. The minimum Gasteiger partial charge on any atom is -0.480 e. The maximum Gasteiger partial charge on any atom is 0.260 e. The van der Waals surface area contributed by atoms with Gasteiger partial charge in [-0.2, -0.15) is 0 Å². The fourth-order valence-corrected chi connectivity index (χ4v) is 2.25. The lowest BCUT2D eigenvalue weighted by Gasteiger charge is -2.20. The number of para-hydroxylation sites is 1. The largest absolute Gasteiger partial charge is 0.480 e. The average molecular weight is 290 g/mol. The molecule has 21 heavy (non-hydrogen) atoms. The summed E-state index contributed by atoms with van der Waals surface area (Å²) in [6.07, 6.45) is 3.37. The molecule has 1 fully saturated rings. The second kappa shape index (κ2) is 6.94. The van der Waals surface area contributed by atoms with Crippen LogP contribution in [0.25, 0.3) is 0 Å². The normalized spacial score (nSPS) is 17.1. The first-order chi connectivity index (χ1) is 10.0. The molecule has 0 saturated heterocycles. The topological polar surface area (TPSA) is 64.3 Å². The van der Waals surface area contributed by atoms with E-state index in [4.69, 9.17) is 10.5 Å². The van der Waals surface area contributed by atoms with Gasteiger partial charge < -0.3 is 15.8 Å². The van der Waals surface area contributed by atoms with Crippen LogP contribution in [0.2, 0.25) is 0 Å². The van der Waals surface area contributed by atoms with Crippen LogP contribution in [0.3, 0.4) is 0 Å². The van der Waals surface area contributed by atoms with Crippen molar-refractivity contribution in [1.82, 2.24) is 5.32 Å². The number of nitrogens with two attached hydrogens (primary N) is 1. The molecule has 4 heteroatoms. The lowest BCUT2D eigenvalue weighted by atomic mass is 10.0. The van der Waals surface area contributed by atoms with Gasteiger partial charge in [-0.3, -0.25) is 4.79 Å². The van der Waals surface area contributed by atoms with Gasteiger partial charge in [-0.15, -0.1) is 0 Å². The standard InChI is InChI=1S/C17H26N2O2/c1-4-14(18)10-13-7-5-6-11(2)16(13)21-12(3)17(20)19-15-8-9-15/h5-7,12,14-15H,4,8-10,18H2,1-3H3,(H,19,20). The van der Waals surface area contributed by atoms with E-state index in [2.05, 4.69) is 12.2 Å². The lowest BCUT2D eigenvalue weighted by Crippen LogP contribution is -2.37. The Morgan fingerprint density at radius 1 is 1.48 bits per heavy atom. The first kappa shape index (κ1) is 15.8. The van der Waals surface area contributed by atoms with Crippen molar-refractivity contribution in [2.75, 3.05) is 0 Å². The van der Waals surface area contributed by atoms with Crippen LogP contribution >= 0.6 is 0 Å². The number of ether oxygens (including phenoxy) is 1. The molecule has 2 rings (SSSR count). The molecule has 0 spiro atoms. The first-order valence-corrected chi connectivity index (χ1v) is 7.82. The summed E-state index contributed by atoms with van der Waals surface area (Å²) in [5, 5.41) is 2.98. The molecule has 3 N–H and O–H groups in total. The molecule has 1 aromatic carbocycles. The highest BCUT2D eigenvalue weighted by atomic mass is 16.5. The predicted octanol–water partition coefficient (Wildman–Crippen LogP) is 2.32. The molecule has 0 aromatic heterocycles. The molecule has 1 aliphatic carbocycles. The zero-order valence-corrected chi connectivity index (χ0v) is 13.2. The van der Waals surface area contributed by atoms with Crippen molar-refractivity contribution in [3.05, 3.63) is 29.3 Å². The highest BCUT2D eigenvalue weighted by Gasteiger charge is 2.27. The van der Waals surface area contributed by atoms with Gasteiger partial charge in [-0.25, -0.2) is 0 Å². The summed E-state index contributed by atoms with van der Waals surface area (Å²) < 4.78 is 5.94. The number of carbonyl (C=O) groups is 1. The van der Waals surface area contributed by atoms with Crippen LogP contribution in [0.5, 0.6) is 5.75 Å². The van der Waals surface area contributed by atoms with Gasteiger partial charge in [0.05, 0.1) is 0 Å². The van der Waals surface area contributed by atoms with Gasteiger partial charge in [-0.1, -0.05) is 25.1 Å². The molecule has 0 aliphatic heterocycles. The number of amides is 1. The first-order valence-electron chi connectivity index (χ1n) is 7.82. The molecule has 116 valence electrons. The zero-order valence-electron chi connectivity index (χ0n) is 13.2. The van der Waals surface area contributed by atoms with Gasteiger partial charge in [0.15, 0.2) is 6.10 Å². The Kier molecular flexibility index (Phi) is 5.23. The molecule has 1 aromatic rings. The molecule has 1 saturated carbocycles. The molecule has 2 atom stereocenters. The van der Waals surface area contributed by atoms with Crippen molar-refractivity contribution < 1.29 is 9.53 Å². The fourth-order valence-electron chi connectivity index (χ4n) is 2.25. The van der Waals surface area contributed by atoms with Crippen molar-refractivity contribution in [2.45, 2.75) is 64.6 Å². The number of nitrogens with one attached hydrogen (secondary N) is 1. The Labute approximate surface area is 127 Å². The van der Waals surface area contributed by atoms with Crippen molar-refractivity contribution in [1.29, 1.82) is 0 Å². The van der Waals surface area contributed by atoms with Gasteiger partial charge in [0.1, 0.15) is 5.75 Å². The summed E-state index contributed by atoms with van der Waals surface area (Å²) in [6.45, 7) is 5.88. The maximum absolute atomic E-state index is 12.0. The van der Waals surface area contributed by atoms with E-state index in [-0.39, 0.29) is 11.9 Å². The smallest absolute Gasteiger partial charge is 0.260 e. The minimum absolute atomic E-state index is 0.0357. The van der Waals surface area contributed by atoms with Crippen LogP contribution in [-0.4, -0.2) is 24.1 Å². The van der Waals surface area contributed by atoms with Gasteiger partial charge in [0.2, 0.25) is 0 Å². The number of carbonyl (C=O) groups excluding carboxylic acids is 1. The molecular weight excluding hydrogens is 264 g/mol. The summed E-state index contributed by atoms with van der Waals surface area (Å²) in [5.74, 6) is 0.770. The van der Waals surface area contributed by atoms with Crippen LogP contribution in [0.4, 0.5) is 0 Å². The molecule has 1 aliphatic rings. The van der Waals surface area contributed by atoms with Crippen molar-refractivity contribution in [2.24, 2.45) is 5.73 Å². The second-order valence-corrected chi connectivity index (χ2v) is 5.98. The van der Waals surface area contributed by atoms with Gasteiger partial charge in [0.25, 0.3) is 5.91 Å². The van der Waals surface area contributed by atoms with E-state index in [9.17, 15) is 4.79 Å². The van der Waals surface area contributed by atoms with E-state index in [1.165, 1.54) is 0 Å². The van der Waals surface area contributed by atoms with E-state index in [0.29, 0.717) is 6.04 Å². The Hall–Kier alpha value is -1.55. The number of hydrogen-bond donors (Lipinski definition) is 2. The third kappa shape index (κ3) is 4.46. The number of rotatable bonds is 7. The third-order valence-corrected chi connectivity index (χ3v) is 3.89. The number of hydrogen-bond acceptors (Lipinski definition) is 3. The fraction of sp³-hybridized carbons (Fsp3) is 0.588.